The van der Waals surface area contributed by atoms with Gasteiger partial charge in [-0.15, -0.1) is 0 Å². The minimum atomic E-state index is -0.209. The Labute approximate surface area is 130 Å². The second-order valence-corrected chi connectivity index (χ2v) is 7.47. The van der Waals surface area contributed by atoms with E-state index in [-0.39, 0.29) is 5.82 Å². The lowest BCUT2D eigenvalue weighted by Crippen LogP contribution is -2.35. The van der Waals surface area contributed by atoms with Gasteiger partial charge < -0.3 is 10.2 Å². The van der Waals surface area contributed by atoms with Crippen molar-refractivity contribution in [1.82, 2.24) is 5.32 Å². The van der Waals surface area contributed by atoms with Gasteiger partial charge in [0, 0.05) is 24.2 Å². The van der Waals surface area contributed by atoms with Gasteiger partial charge in [0.2, 0.25) is 0 Å². The van der Waals surface area contributed by atoms with E-state index in [2.05, 4.69) is 10.2 Å². The molecule has 0 bridgehead atoms. The van der Waals surface area contributed by atoms with E-state index in [0.29, 0.717) is 16.8 Å². The minimum Gasteiger partial charge on any atom is -0.368 e. The van der Waals surface area contributed by atoms with Crippen LogP contribution >= 0.6 is 11.6 Å². The topological polar surface area (TPSA) is 15.3 Å². The molecule has 1 aliphatic heterocycles. The van der Waals surface area contributed by atoms with E-state index < -0.39 is 0 Å². The summed E-state index contributed by atoms with van der Waals surface area (Å²) in [5.41, 5.74) is 0.686. The molecule has 3 unspecified atom stereocenters. The van der Waals surface area contributed by atoms with E-state index in [9.17, 15) is 4.39 Å². The van der Waals surface area contributed by atoms with Crippen LogP contribution in [-0.2, 0) is 0 Å². The normalized spacial score (nSPS) is 34.3. The molecule has 4 heteroatoms. The highest BCUT2D eigenvalue weighted by atomic mass is 35.5. The van der Waals surface area contributed by atoms with Gasteiger partial charge in [-0.3, -0.25) is 0 Å². The van der Waals surface area contributed by atoms with Crippen molar-refractivity contribution in [2.75, 3.05) is 24.5 Å². The lowest BCUT2D eigenvalue weighted by atomic mass is 10.0. The van der Waals surface area contributed by atoms with Crippen molar-refractivity contribution in [2.24, 2.45) is 17.8 Å². The molecule has 1 aromatic rings. The Morgan fingerprint density at radius 2 is 2.05 bits per heavy atom. The van der Waals surface area contributed by atoms with Crippen molar-refractivity contribution in [1.29, 1.82) is 0 Å². The summed E-state index contributed by atoms with van der Waals surface area (Å²) >= 11 is 5.82. The quantitative estimate of drug-likeness (QED) is 0.912. The molecule has 0 radical (unpaired) electrons. The molecular formula is C17H22ClFN2. The molecule has 2 nitrogen and oxygen atoms in total. The smallest absolute Gasteiger partial charge is 0.147 e. The first-order valence-electron chi connectivity index (χ1n) is 8.12. The second kappa shape index (κ2) is 5.44. The van der Waals surface area contributed by atoms with E-state index in [0.717, 1.165) is 43.8 Å². The van der Waals surface area contributed by atoms with Gasteiger partial charge in [0.25, 0.3) is 0 Å². The highest BCUT2D eigenvalue weighted by Gasteiger charge is 2.45. The first kappa shape index (κ1) is 13.8. The zero-order valence-electron chi connectivity index (χ0n) is 12.2. The zero-order valence-corrected chi connectivity index (χ0v) is 13.0. The molecule has 21 heavy (non-hydrogen) atoms. The summed E-state index contributed by atoms with van der Waals surface area (Å²) in [7, 11) is 0. The number of halogens is 2. The van der Waals surface area contributed by atoms with Crippen molar-refractivity contribution >= 4 is 17.3 Å². The van der Waals surface area contributed by atoms with Crippen LogP contribution in [0.15, 0.2) is 18.2 Å². The molecule has 2 aliphatic carbocycles. The fourth-order valence-corrected chi connectivity index (χ4v) is 4.38. The van der Waals surface area contributed by atoms with Crippen molar-refractivity contribution in [3.63, 3.8) is 0 Å². The molecule has 0 amide bonds. The van der Waals surface area contributed by atoms with Crippen LogP contribution in [0.1, 0.15) is 25.7 Å². The predicted octanol–water partition coefficient (Wildman–Crippen LogP) is 3.69. The molecule has 2 saturated carbocycles. The van der Waals surface area contributed by atoms with Gasteiger partial charge in [0.05, 0.1) is 5.69 Å². The number of fused-ring (bicyclic) bond motifs is 1. The van der Waals surface area contributed by atoms with E-state index in [1.54, 1.807) is 12.1 Å². The molecule has 0 spiro atoms. The third-order valence-electron chi connectivity index (χ3n) is 5.48. The van der Waals surface area contributed by atoms with Crippen molar-refractivity contribution in [2.45, 2.75) is 31.7 Å². The predicted molar refractivity (Wildman–Crippen MR) is 84.4 cm³/mol. The molecule has 0 aromatic heterocycles. The average Bonchev–Trinajstić information content (AvgIpc) is 2.88. The maximum Gasteiger partial charge on any atom is 0.147 e. The summed E-state index contributed by atoms with van der Waals surface area (Å²) in [5, 5.41) is 4.17. The van der Waals surface area contributed by atoms with E-state index in [1.165, 1.54) is 25.3 Å². The largest absolute Gasteiger partial charge is 0.368 e. The zero-order chi connectivity index (χ0) is 14.4. The molecule has 3 aliphatic rings. The summed E-state index contributed by atoms with van der Waals surface area (Å²) < 4.78 is 14.0. The first-order chi connectivity index (χ1) is 10.2. The Morgan fingerprint density at radius 3 is 2.81 bits per heavy atom. The van der Waals surface area contributed by atoms with Crippen LogP contribution < -0.4 is 10.2 Å². The number of rotatable bonds is 4. The lowest BCUT2D eigenvalue weighted by molar-refractivity contribution is 0.416. The molecule has 3 fully saturated rings. The van der Waals surface area contributed by atoms with Gasteiger partial charge in [-0.25, -0.2) is 4.39 Å². The Hall–Kier alpha value is -0.800. The first-order valence-corrected chi connectivity index (χ1v) is 8.50. The van der Waals surface area contributed by atoms with Gasteiger partial charge >= 0.3 is 0 Å². The fraction of sp³-hybridized carbons (Fsp3) is 0.647. The third kappa shape index (κ3) is 2.91. The molecular weight excluding hydrogens is 287 g/mol. The Morgan fingerprint density at radius 1 is 1.24 bits per heavy atom. The van der Waals surface area contributed by atoms with Gasteiger partial charge in [-0.1, -0.05) is 11.6 Å². The summed E-state index contributed by atoms with van der Waals surface area (Å²) in [6, 6.07) is 5.47. The molecule has 1 N–H and O–H groups in total. The number of nitrogens with one attached hydrogen (secondary N) is 1. The van der Waals surface area contributed by atoms with E-state index in [1.807, 2.05) is 0 Å². The number of anilines is 1. The Kier molecular flexibility index (Phi) is 3.58. The average molecular weight is 309 g/mol. The molecule has 1 heterocycles. The van der Waals surface area contributed by atoms with Crippen LogP contribution in [0, 0.1) is 23.6 Å². The van der Waals surface area contributed by atoms with Crippen LogP contribution in [0.2, 0.25) is 5.02 Å². The molecule has 4 rings (SSSR count). The lowest BCUT2D eigenvalue weighted by Gasteiger charge is -2.21. The van der Waals surface area contributed by atoms with Crippen LogP contribution in [0.5, 0.6) is 0 Å². The Bertz CT molecular complexity index is 526. The van der Waals surface area contributed by atoms with E-state index in [4.69, 9.17) is 11.6 Å². The van der Waals surface area contributed by atoms with Gasteiger partial charge in [0.15, 0.2) is 0 Å². The van der Waals surface area contributed by atoms with Crippen LogP contribution in [-0.4, -0.2) is 25.7 Å². The van der Waals surface area contributed by atoms with Gasteiger partial charge in [-0.05, 0) is 68.2 Å². The third-order valence-corrected chi connectivity index (χ3v) is 5.71. The summed E-state index contributed by atoms with van der Waals surface area (Å²) in [6.07, 6.45) is 5.45. The Balaban J connectivity index is 1.30. The highest BCUT2D eigenvalue weighted by molar-refractivity contribution is 6.30. The molecule has 1 aromatic carbocycles. The van der Waals surface area contributed by atoms with Crippen LogP contribution in [0.25, 0.3) is 0 Å². The van der Waals surface area contributed by atoms with Crippen LogP contribution in [0.4, 0.5) is 10.1 Å². The van der Waals surface area contributed by atoms with Gasteiger partial charge in [-0.2, -0.15) is 0 Å². The maximum atomic E-state index is 14.0. The SMILES string of the molecule is Fc1cc(Cl)ccc1N1CCC(NCC2CC3CC3C2)C1. The number of hydrogen-bond donors (Lipinski definition) is 1. The van der Waals surface area contributed by atoms with Crippen molar-refractivity contribution in [3.8, 4) is 0 Å². The fourth-order valence-electron chi connectivity index (χ4n) is 4.22. The minimum absolute atomic E-state index is 0.209. The summed E-state index contributed by atoms with van der Waals surface area (Å²) in [4.78, 5) is 2.13. The van der Waals surface area contributed by atoms with E-state index >= 15 is 0 Å². The number of hydrogen-bond acceptors (Lipinski definition) is 2. The number of nitrogens with zero attached hydrogens (tertiary/aromatic N) is 1. The van der Waals surface area contributed by atoms with Crippen molar-refractivity contribution in [3.05, 3.63) is 29.0 Å². The molecule has 3 atom stereocenters. The monoisotopic (exact) mass is 308 g/mol. The van der Waals surface area contributed by atoms with Crippen LogP contribution in [0.3, 0.4) is 0 Å². The molecule has 1 saturated heterocycles. The highest BCUT2D eigenvalue weighted by Crippen LogP contribution is 2.54. The maximum absolute atomic E-state index is 14.0. The summed E-state index contributed by atoms with van der Waals surface area (Å²) in [5.74, 6) is 2.79. The van der Waals surface area contributed by atoms with Gasteiger partial charge in [0.1, 0.15) is 5.82 Å². The van der Waals surface area contributed by atoms with Crippen molar-refractivity contribution < 1.29 is 4.39 Å². The summed E-state index contributed by atoms with van der Waals surface area (Å²) in [6.45, 7) is 2.97. The second-order valence-electron chi connectivity index (χ2n) is 7.03. The molecule has 114 valence electrons. The number of benzene rings is 1. The standard InChI is InChI=1S/C17H22ClFN2/c18-14-1-2-17(16(19)8-14)21-4-3-15(10-21)20-9-11-5-12-7-13(12)6-11/h1-2,8,11-13,15,20H,3-7,9-10H2.